The topological polar surface area (TPSA) is 128 Å². The molecule has 2 unspecified atom stereocenters. The molecule has 1 aromatic carbocycles. The van der Waals surface area contributed by atoms with E-state index in [4.69, 9.17) is 16.7 Å². The number of benzene rings is 1. The molecule has 0 radical (unpaired) electrons. The number of rotatable bonds is 7. The molecule has 27 heavy (non-hydrogen) atoms. The molecule has 4 N–H and O–H groups in total. The summed E-state index contributed by atoms with van der Waals surface area (Å²) in [6.07, 6.45) is 1.77. The Kier molecular flexibility index (Phi) is 6.35. The van der Waals surface area contributed by atoms with Crippen molar-refractivity contribution in [2.24, 2.45) is 5.92 Å². The highest BCUT2D eigenvalue weighted by Crippen LogP contribution is 2.37. The predicted octanol–water partition coefficient (Wildman–Crippen LogP) is 2.16. The second-order valence-electron chi connectivity index (χ2n) is 6.28. The zero-order valence-electron chi connectivity index (χ0n) is 14.3. The van der Waals surface area contributed by atoms with Gasteiger partial charge in [0.25, 0.3) is 0 Å². The summed E-state index contributed by atoms with van der Waals surface area (Å²) in [5.74, 6) is -3.13. The van der Waals surface area contributed by atoms with Crippen LogP contribution in [0.2, 0.25) is 5.02 Å². The van der Waals surface area contributed by atoms with E-state index >= 15 is 0 Å². The fourth-order valence-electron chi connectivity index (χ4n) is 3.42. The molecule has 1 aliphatic heterocycles. The van der Waals surface area contributed by atoms with E-state index in [0.29, 0.717) is 35.4 Å². The first-order chi connectivity index (χ1) is 13.0. The summed E-state index contributed by atoms with van der Waals surface area (Å²) in [5, 5.41) is 31.0. The van der Waals surface area contributed by atoms with Crippen LogP contribution in [0.1, 0.15) is 29.0 Å². The van der Waals surface area contributed by atoms with Crippen molar-refractivity contribution in [1.82, 2.24) is 20.5 Å². The molecular weight excluding hydrogens is 392 g/mol. The van der Waals surface area contributed by atoms with E-state index in [1.54, 1.807) is 6.07 Å². The Bertz CT molecular complexity index is 831. The number of thioether (sulfide) groups is 1. The Balaban J connectivity index is 1.97. The smallest absolute Gasteiger partial charge is 0.307 e. The van der Waals surface area contributed by atoms with Crippen molar-refractivity contribution in [3.05, 3.63) is 40.2 Å². The van der Waals surface area contributed by atoms with Gasteiger partial charge in [0.05, 0.1) is 12.3 Å². The maximum atomic E-state index is 11.7. The van der Waals surface area contributed by atoms with Crippen LogP contribution in [0.4, 0.5) is 0 Å². The van der Waals surface area contributed by atoms with Gasteiger partial charge in [-0.15, -0.1) is 10.2 Å². The van der Waals surface area contributed by atoms with Gasteiger partial charge in [-0.1, -0.05) is 29.4 Å². The van der Waals surface area contributed by atoms with Gasteiger partial charge in [0.2, 0.25) is 0 Å². The Hall–Kier alpha value is -2.10. The minimum Gasteiger partial charge on any atom is -0.481 e. The molecular formula is C17H19ClN4O4S. The van der Waals surface area contributed by atoms with Crippen molar-refractivity contribution in [3.63, 3.8) is 0 Å². The molecule has 1 aromatic heterocycles. The number of carboxylic acids is 2. The lowest BCUT2D eigenvalue weighted by Gasteiger charge is -2.25. The fraction of sp³-hybridized carbons (Fsp3) is 0.412. The van der Waals surface area contributed by atoms with Crippen LogP contribution < -0.4 is 5.32 Å². The number of aromatic nitrogens is 3. The molecule has 0 amide bonds. The molecule has 0 aliphatic carbocycles. The van der Waals surface area contributed by atoms with Crippen LogP contribution in [-0.4, -0.2) is 50.4 Å². The SMILES string of the molecule is O=C(O)CC(C(=O)O)C1CNCCc2c1ccc(Cl)c2CSc1nnc[nH]1. The molecule has 2 heterocycles. The number of aromatic amines is 1. The maximum Gasteiger partial charge on any atom is 0.307 e. The largest absolute Gasteiger partial charge is 0.481 e. The van der Waals surface area contributed by atoms with Gasteiger partial charge in [0.1, 0.15) is 6.33 Å². The van der Waals surface area contributed by atoms with Crippen LogP contribution in [0, 0.1) is 5.92 Å². The van der Waals surface area contributed by atoms with E-state index in [-0.39, 0.29) is 0 Å². The third kappa shape index (κ3) is 4.60. The molecule has 0 saturated heterocycles. The summed E-state index contributed by atoms with van der Waals surface area (Å²) < 4.78 is 0. The Morgan fingerprint density at radius 1 is 1.37 bits per heavy atom. The van der Waals surface area contributed by atoms with Crippen molar-refractivity contribution >= 4 is 35.3 Å². The number of hydrogen-bond donors (Lipinski definition) is 4. The number of nitrogens with zero attached hydrogens (tertiary/aromatic N) is 2. The van der Waals surface area contributed by atoms with Crippen LogP contribution in [0.3, 0.4) is 0 Å². The lowest BCUT2D eigenvalue weighted by molar-refractivity contribution is -0.149. The average Bonchev–Trinajstić information content (AvgIpc) is 3.04. The van der Waals surface area contributed by atoms with E-state index < -0.39 is 30.2 Å². The number of carbonyl (C=O) groups is 2. The number of carboxylic acid groups (broad SMARTS) is 2. The van der Waals surface area contributed by atoms with Crippen LogP contribution in [0.15, 0.2) is 23.6 Å². The van der Waals surface area contributed by atoms with Gasteiger partial charge in [-0.25, -0.2) is 0 Å². The van der Waals surface area contributed by atoms with Gasteiger partial charge in [0, 0.05) is 23.2 Å². The Morgan fingerprint density at radius 3 is 2.85 bits per heavy atom. The second-order valence-corrected chi connectivity index (χ2v) is 7.65. The fourth-order valence-corrected chi connectivity index (χ4v) is 4.59. The molecule has 2 atom stereocenters. The second kappa shape index (κ2) is 8.73. The number of hydrogen-bond acceptors (Lipinski definition) is 6. The number of fused-ring (bicyclic) bond motifs is 1. The summed E-state index contributed by atoms with van der Waals surface area (Å²) in [6, 6.07) is 3.59. The van der Waals surface area contributed by atoms with Crippen LogP contribution in [0.5, 0.6) is 0 Å². The van der Waals surface area contributed by atoms with E-state index in [1.807, 2.05) is 6.07 Å². The first-order valence-electron chi connectivity index (χ1n) is 8.41. The first kappa shape index (κ1) is 19.7. The summed E-state index contributed by atoms with van der Waals surface area (Å²) in [4.78, 5) is 25.9. The minimum atomic E-state index is -1.12. The third-order valence-electron chi connectivity index (χ3n) is 4.67. The zero-order chi connectivity index (χ0) is 19.4. The third-order valence-corrected chi connectivity index (χ3v) is 5.93. The summed E-state index contributed by atoms with van der Waals surface area (Å²) in [6.45, 7) is 1.08. The molecule has 10 heteroatoms. The molecule has 0 bridgehead atoms. The standard InChI is InChI=1S/C17H19ClN4O4S/c18-14-2-1-9-10(13(14)7-27-17-20-8-21-22-17)3-4-19-6-12(9)11(16(25)26)5-15(23)24/h1-2,8,11-12,19H,3-7H2,(H,23,24)(H,25,26)(H,20,21,22). The normalized spacial score (nSPS) is 17.7. The molecule has 0 fully saturated rings. The highest BCUT2D eigenvalue weighted by Gasteiger charge is 2.34. The summed E-state index contributed by atoms with van der Waals surface area (Å²) >= 11 is 7.89. The van der Waals surface area contributed by atoms with Crippen molar-refractivity contribution in [2.75, 3.05) is 13.1 Å². The summed E-state index contributed by atoms with van der Waals surface area (Å²) in [5.41, 5.74) is 2.76. The Labute approximate surface area is 164 Å². The molecule has 3 rings (SSSR count). The lowest BCUT2D eigenvalue weighted by atomic mass is 9.81. The molecule has 144 valence electrons. The molecule has 8 nitrogen and oxygen atoms in total. The number of H-pyrrole nitrogens is 1. The molecule has 0 saturated carbocycles. The van der Waals surface area contributed by atoms with E-state index in [1.165, 1.54) is 18.1 Å². The zero-order valence-corrected chi connectivity index (χ0v) is 15.9. The van der Waals surface area contributed by atoms with Crippen molar-refractivity contribution in [1.29, 1.82) is 0 Å². The van der Waals surface area contributed by atoms with Gasteiger partial charge in [-0.05, 0) is 35.7 Å². The highest BCUT2D eigenvalue weighted by molar-refractivity contribution is 7.98. The first-order valence-corrected chi connectivity index (χ1v) is 9.78. The van der Waals surface area contributed by atoms with Gasteiger partial charge in [0.15, 0.2) is 5.16 Å². The van der Waals surface area contributed by atoms with Gasteiger partial charge < -0.3 is 20.5 Å². The number of aliphatic carboxylic acids is 2. The maximum absolute atomic E-state index is 11.7. The van der Waals surface area contributed by atoms with Crippen molar-refractivity contribution < 1.29 is 19.8 Å². The highest BCUT2D eigenvalue weighted by atomic mass is 35.5. The number of halogens is 1. The van der Waals surface area contributed by atoms with E-state index in [0.717, 1.165) is 16.7 Å². The Morgan fingerprint density at radius 2 is 2.19 bits per heavy atom. The van der Waals surface area contributed by atoms with Crippen LogP contribution in [0.25, 0.3) is 0 Å². The molecule has 0 spiro atoms. The van der Waals surface area contributed by atoms with Crippen LogP contribution in [-0.2, 0) is 21.8 Å². The molecule has 2 aromatic rings. The predicted molar refractivity (Wildman–Crippen MR) is 100 cm³/mol. The summed E-state index contributed by atoms with van der Waals surface area (Å²) in [7, 11) is 0. The van der Waals surface area contributed by atoms with Gasteiger partial charge >= 0.3 is 11.9 Å². The van der Waals surface area contributed by atoms with Gasteiger partial charge in [-0.2, -0.15) is 0 Å². The van der Waals surface area contributed by atoms with Crippen molar-refractivity contribution in [3.8, 4) is 0 Å². The van der Waals surface area contributed by atoms with E-state index in [9.17, 15) is 14.7 Å². The lowest BCUT2D eigenvalue weighted by Crippen LogP contribution is -2.31. The van der Waals surface area contributed by atoms with Crippen LogP contribution >= 0.6 is 23.4 Å². The monoisotopic (exact) mass is 410 g/mol. The van der Waals surface area contributed by atoms with E-state index in [2.05, 4.69) is 20.5 Å². The minimum absolute atomic E-state index is 0.410. The quantitative estimate of drug-likeness (QED) is 0.511. The van der Waals surface area contributed by atoms with Gasteiger partial charge in [-0.3, -0.25) is 9.59 Å². The van der Waals surface area contributed by atoms with Crippen molar-refractivity contribution in [2.45, 2.75) is 29.7 Å². The average molecular weight is 411 g/mol. The number of nitrogens with one attached hydrogen (secondary N) is 2. The molecule has 1 aliphatic rings.